The molecule has 0 aliphatic carbocycles. The predicted octanol–water partition coefficient (Wildman–Crippen LogP) is 5.82. The van der Waals surface area contributed by atoms with Crippen LogP contribution in [0.2, 0.25) is 0 Å². The summed E-state index contributed by atoms with van der Waals surface area (Å²) in [5.41, 5.74) is 0.666. The van der Waals surface area contributed by atoms with Crippen LogP contribution in [-0.4, -0.2) is 35.8 Å². The number of benzene rings is 2. The first-order chi connectivity index (χ1) is 14.4. The van der Waals surface area contributed by atoms with Crippen molar-refractivity contribution in [2.24, 2.45) is 0 Å². The summed E-state index contributed by atoms with van der Waals surface area (Å²) >= 11 is 0. The lowest BCUT2D eigenvalue weighted by Crippen LogP contribution is -2.46. The molecule has 1 amide bonds. The quantitative estimate of drug-likeness (QED) is 0.576. The van der Waals surface area contributed by atoms with Crippen molar-refractivity contribution < 1.29 is 19.0 Å². The van der Waals surface area contributed by atoms with E-state index < -0.39 is 5.60 Å². The number of carbonyl (C=O) groups is 1. The van der Waals surface area contributed by atoms with Crippen molar-refractivity contribution in [3.05, 3.63) is 60.2 Å². The molecule has 0 spiro atoms. The number of hydrogen-bond acceptors (Lipinski definition) is 4. The Balaban J connectivity index is 1.45. The molecule has 30 heavy (non-hydrogen) atoms. The molecule has 0 bridgehead atoms. The maximum atomic E-state index is 12.5. The van der Waals surface area contributed by atoms with Crippen molar-refractivity contribution >= 4 is 6.09 Å². The Morgan fingerprint density at radius 2 is 1.63 bits per heavy atom. The Bertz CT molecular complexity index is 783. The third kappa shape index (κ3) is 6.97. The lowest BCUT2D eigenvalue weighted by Gasteiger charge is -2.36. The summed E-state index contributed by atoms with van der Waals surface area (Å²) in [6, 6.07) is 18.0. The van der Waals surface area contributed by atoms with Crippen molar-refractivity contribution in [3.8, 4) is 11.5 Å². The Morgan fingerprint density at radius 1 is 0.967 bits per heavy atom. The van der Waals surface area contributed by atoms with E-state index in [9.17, 15) is 4.79 Å². The second-order valence-corrected chi connectivity index (χ2v) is 8.71. The zero-order chi connectivity index (χ0) is 21.4. The van der Waals surface area contributed by atoms with Gasteiger partial charge in [-0.3, -0.25) is 0 Å². The van der Waals surface area contributed by atoms with Gasteiger partial charge in [-0.1, -0.05) is 30.3 Å². The first-order valence-electron chi connectivity index (χ1n) is 10.8. The van der Waals surface area contributed by atoms with Gasteiger partial charge in [-0.15, -0.1) is 0 Å². The highest BCUT2D eigenvalue weighted by Crippen LogP contribution is 2.24. The minimum absolute atomic E-state index is 0.169. The number of rotatable bonds is 7. The third-order valence-electron chi connectivity index (χ3n) is 5.05. The van der Waals surface area contributed by atoms with E-state index in [4.69, 9.17) is 14.2 Å². The van der Waals surface area contributed by atoms with E-state index in [-0.39, 0.29) is 12.1 Å². The summed E-state index contributed by atoms with van der Waals surface area (Å²) in [6.07, 6.45) is 3.74. The molecular weight excluding hydrogens is 378 g/mol. The van der Waals surface area contributed by atoms with E-state index in [0.29, 0.717) is 13.2 Å². The summed E-state index contributed by atoms with van der Waals surface area (Å²) in [5, 5.41) is 0. The van der Waals surface area contributed by atoms with E-state index in [0.717, 1.165) is 49.3 Å². The van der Waals surface area contributed by atoms with E-state index in [1.54, 1.807) is 0 Å². The molecule has 1 heterocycles. The maximum Gasteiger partial charge on any atom is 0.410 e. The van der Waals surface area contributed by atoms with Crippen LogP contribution in [0.25, 0.3) is 0 Å². The van der Waals surface area contributed by atoms with Gasteiger partial charge in [0, 0.05) is 19.0 Å². The Labute approximate surface area is 179 Å². The zero-order valence-corrected chi connectivity index (χ0v) is 18.3. The van der Waals surface area contributed by atoms with Crippen LogP contribution in [0, 0.1) is 0 Å². The van der Waals surface area contributed by atoms with Gasteiger partial charge in [0.2, 0.25) is 0 Å². The number of nitrogens with zero attached hydrogens (tertiary/aromatic N) is 1. The van der Waals surface area contributed by atoms with Gasteiger partial charge >= 0.3 is 6.09 Å². The standard InChI is InChI=1S/C25H33NO4/c1-25(2,3)30-24(27)26-17-8-7-11-21(26)16-18-28-22-12-14-23(15-13-22)29-19-20-9-5-4-6-10-20/h4-6,9-10,12-15,21H,7-8,11,16-19H2,1-3H3. The van der Waals surface area contributed by atoms with Crippen LogP contribution >= 0.6 is 0 Å². The van der Waals surface area contributed by atoms with Crippen LogP contribution in [0.1, 0.15) is 52.0 Å². The number of carbonyl (C=O) groups excluding carboxylic acids is 1. The van der Waals surface area contributed by atoms with Crippen molar-refractivity contribution in [1.29, 1.82) is 0 Å². The number of piperidine rings is 1. The van der Waals surface area contributed by atoms with Crippen LogP contribution in [-0.2, 0) is 11.3 Å². The minimum atomic E-state index is -0.472. The molecule has 1 atom stereocenters. The molecule has 5 nitrogen and oxygen atoms in total. The summed E-state index contributed by atoms with van der Waals surface area (Å²) in [7, 11) is 0. The van der Waals surface area contributed by atoms with Crippen molar-refractivity contribution in [3.63, 3.8) is 0 Å². The highest BCUT2D eigenvalue weighted by molar-refractivity contribution is 5.68. The summed E-state index contributed by atoms with van der Waals surface area (Å²) in [6.45, 7) is 7.57. The first-order valence-corrected chi connectivity index (χ1v) is 10.8. The van der Waals surface area contributed by atoms with Crippen molar-refractivity contribution in [2.45, 2.75) is 64.7 Å². The minimum Gasteiger partial charge on any atom is -0.494 e. The van der Waals surface area contributed by atoms with Crippen LogP contribution in [0.5, 0.6) is 11.5 Å². The van der Waals surface area contributed by atoms with Crippen molar-refractivity contribution in [1.82, 2.24) is 4.90 Å². The smallest absolute Gasteiger partial charge is 0.410 e. The van der Waals surface area contributed by atoms with Gasteiger partial charge in [0.1, 0.15) is 23.7 Å². The van der Waals surface area contributed by atoms with Gasteiger partial charge in [0.25, 0.3) is 0 Å². The van der Waals surface area contributed by atoms with Gasteiger partial charge in [0.05, 0.1) is 6.61 Å². The van der Waals surface area contributed by atoms with E-state index in [2.05, 4.69) is 0 Å². The van der Waals surface area contributed by atoms with Gasteiger partial charge in [0.15, 0.2) is 0 Å². The van der Waals surface area contributed by atoms with E-state index in [1.165, 1.54) is 0 Å². The van der Waals surface area contributed by atoms with E-state index >= 15 is 0 Å². The molecule has 3 rings (SSSR count). The molecule has 0 radical (unpaired) electrons. The molecule has 5 heteroatoms. The van der Waals surface area contributed by atoms with Crippen LogP contribution < -0.4 is 9.47 Å². The average Bonchev–Trinajstić information content (AvgIpc) is 2.73. The van der Waals surface area contributed by atoms with Crippen LogP contribution in [0.15, 0.2) is 54.6 Å². The van der Waals surface area contributed by atoms with Gasteiger partial charge < -0.3 is 19.1 Å². The molecule has 2 aromatic carbocycles. The largest absolute Gasteiger partial charge is 0.494 e. The third-order valence-corrected chi connectivity index (χ3v) is 5.05. The lowest BCUT2D eigenvalue weighted by atomic mass is 10.0. The molecule has 1 aliphatic heterocycles. The zero-order valence-electron chi connectivity index (χ0n) is 18.3. The SMILES string of the molecule is CC(C)(C)OC(=O)N1CCCCC1CCOc1ccc(OCc2ccccc2)cc1. The predicted molar refractivity (Wildman–Crippen MR) is 118 cm³/mol. The van der Waals surface area contributed by atoms with Crippen molar-refractivity contribution in [2.75, 3.05) is 13.2 Å². The summed E-state index contributed by atoms with van der Waals surface area (Å²) in [4.78, 5) is 14.4. The topological polar surface area (TPSA) is 48.0 Å². The maximum absolute atomic E-state index is 12.5. The molecule has 2 aromatic rings. The van der Waals surface area contributed by atoms with Crippen LogP contribution in [0.4, 0.5) is 4.79 Å². The highest BCUT2D eigenvalue weighted by atomic mass is 16.6. The summed E-state index contributed by atoms with van der Waals surface area (Å²) in [5.74, 6) is 1.62. The van der Waals surface area contributed by atoms with Crippen LogP contribution in [0.3, 0.4) is 0 Å². The Hall–Kier alpha value is -2.69. The number of likely N-dealkylation sites (tertiary alicyclic amines) is 1. The molecule has 0 aromatic heterocycles. The molecule has 1 fully saturated rings. The second-order valence-electron chi connectivity index (χ2n) is 8.71. The molecule has 1 saturated heterocycles. The average molecular weight is 412 g/mol. The first kappa shape index (κ1) is 22.0. The van der Waals surface area contributed by atoms with Gasteiger partial charge in [-0.05, 0) is 69.9 Å². The molecule has 1 unspecified atom stereocenters. The second kappa shape index (κ2) is 10.4. The fraction of sp³-hybridized carbons (Fsp3) is 0.480. The van der Waals surface area contributed by atoms with E-state index in [1.807, 2.05) is 80.3 Å². The van der Waals surface area contributed by atoms with Gasteiger partial charge in [-0.2, -0.15) is 0 Å². The highest BCUT2D eigenvalue weighted by Gasteiger charge is 2.30. The number of amides is 1. The molecule has 1 aliphatic rings. The summed E-state index contributed by atoms with van der Waals surface area (Å²) < 4.78 is 17.3. The Morgan fingerprint density at radius 3 is 2.30 bits per heavy atom. The number of hydrogen-bond donors (Lipinski definition) is 0. The fourth-order valence-electron chi connectivity index (χ4n) is 3.55. The fourth-order valence-corrected chi connectivity index (χ4v) is 3.55. The Kier molecular flexibility index (Phi) is 7.61. The molecule has 162 valence electrons. The normalized spacial score (nSPS) is 16.8. The van der Waals surface area contributed by atoms with Gasteiger partial charge in [-0.25, -0.2) is 4.79 Å². The molecular formula is C25H33NO4. The number of ether oxygens (including phenoxy) is 3. The lowest BCUT2D eigenvalue weighted by molar-refractivity contribution is 0.00743. The monoisotopic (exact) mass is 411 g/mol. The molecule has 0 saturated carbocycles. The molecule has 0 N–H and O–H groups in total.